The molecular formula is C23H22O8. The molecule has 0 aliphatic heterocycles. The van der Waals surface area contributed by atoms with E-state index in [-0.39, 0.29) is 48.0 Å². The summed E-state index contributed by atoms with van der Waals surface area (Å²) in [7, 11) is 1.52. The minimum Gasteiger partial charge on any atom is -0.507 e. The molecule has 31 heavy (non-hydrogen) atoms. The van der Waals surface area contributed by atoms with Crippen LogP contribution in [-0.2, 0) is 9.53 Å². The van der Waals surface area contributed by atoms with Crippen molar-refractivity contribution < 1.29 is 33.3 Å². The van der Waals surface area contributed by atoms with Crippen molar-refractivity contribution in [2.75, 3.05) is 26.9 Å². The Kier molecular flexibility index (Phi) is 6.81. The van der Waals surface area contributed by atoms with Crippen LogP contribution in [0, 0.1) is 0 Å². The normalized spacial score (nSPS) is 10.5. The molecule has 3 rings (SSSR count). The van der Waals surface area contributed by atoms with Crippen molar-refractivity contribution >= 4 is 16.9 Å². The summed E-state index contributed by atoms with van der Waals surface area (Å²) >= 11 is 0. The highest BCUT2D eigenvalue weighted by molar-refractivity contribution is 5.86. The summed E-state index contributed by atoms with van der Waals surface area (Å²) in [5, 5.41) is 10.3. The van der Waals surface area contributed by atoms with Gasteiger partial charge in [-0.3, -0.25) is 4.79 Å². The SMILES string of the molecule is C=CCOc1cc(-c2cc(=O)c3c(O)cc(OCC(=O)OCC)cc3o2)ccc1OC. The second-order valence-electron chi connectivity index (χ2n) is 6.35. The average Bonchev–Trinajstić information content (AvgIpc) is 2.75. The molecule has 1 heterocycles. The molecule has 8 heteroatoms. The second kappa shape index (κ2) is 9.71. The van der Waals surface area contributed by atoms with E-state index in [1.54, 1.807) is 31.2 Å². The first-order valence-electron chi connectivity index (χ1n) is 9.48. The quantitative estimate of drug-likeness (QED) is 0.408. The fraction of sp³-hybridized carbons (Fsp3) is 0.217. The average molecular weight is 426 g/mol. The number of fused-ring (bicyclic) bond motifs is 1. The zero-order valence-electron chi connectivity index (χ0n) is 17.2. The van der Waals surface area contributed by atoms with Crippen molar-refractivity contribution in [3.8, 4) is 34.3 Å². The van der Waals surface area contributed by atoms with Crippen LogP contribution in [0.15, 0.2) is 58.3 Å². The molecule has 1 N–H and O–H groups in total. The third kappa shape index (κ3) is 4.98. The molecule has 0 aliphatic rings. The predicted octanol–water partition coefficient (Wildman–Crippen LogP) is 3.68. The van der Waals surface area contributed by atoms with Crippen molar-refractivity contribution in [2.24, 2.45) is 0 Å². The minimum atomic E-state index is -0.553. The van der Waals surface area contributed by atoms with E-state index in [9.17, 15) is 14.7 Å². The number of phenolic OH excluding ortho intramolecular Hbond substituents is 1. The van der Waals surface area contributed by atoms with Crippen LogP contribution in [0.2, 0.25) is 0 Å². The molecule has 8 nitrogen and oxygen atoms in total. The van der Waals surface area contributed by atoms with Crippen LogP contribution in [0.1, 0.15) is 6.92 Å². The zero-order chi connectivity index (χ0) is 22.4. The van der Waals surface area contributed by atoms with Crippen LogP contribution in [-0.4, -0.2) is 38.0 Å². The lowest BCUT2D eigenvalue weighted by Gasteiger charge is -2.12. The molecule has 0 unspecified atom stereocenters. The lowest BCUT2D eigenvalue weighted by atomic mass is 10.1. The van der Waals surface area contributed by atoms with Gasteiger partial charge in [0.05, 0.1) is 13.7 Å². The van der Waals surface area contributed by atoms with Crippen LogP contribution in [0.4, 0.5) is 0 Å². The fourth-order valence-corrected chi connectivity index (χ4v) is 2.91. The van der Waals surface area contributed by atoms with Gasteiger partial charge >= 0.3 is 5.97 Å². The summed E-state index contributed by atoms with van der Waals surface area (Å²) in [5.74, 6) is 0.510. The Morgan fingerprint density at radius 1 is 1.16 bits per heavy atom. The Balaban J connectivity index is 2.01. The van der Waals surface area contributed by atoms with E-state index in [1.807, 2.05) is 0 Å². The van der Waals surface area contributed by atoms with E-state index in [2.05, 4.69) is 6.58 Å². The molecule has 0 spiro atoms. The van der Waals surface area contributed by atoms with E-state index in [4.69, 9.17) is 23.4 Å². The molecular weight excluding hydrogens is 404 g/mol. The number of ether oxygens (including phenoxy) is 4. The predicted molar refractivity (Wildman–Crippen MR) is 114 cm³/mol. The van der Waals surface area contributed by atoms with Crippen LogP contribution in [0.25, 0.3) is 22.3 Å². The third-order valence-electron chi connectivity index (χ3n) is 4.25. The van der Waals surface area contributed by atoms with E-state index in [0.29, 0.717) is 17.1 Å². The Morgan fingerprint density at radius 2 is 1.97 bits per heavy atom. The minimum absolute atomic E-state index is 0.00359. The molecule has 0 amide bonds. The molecule has 162 valence electrons. The smallest absolute Gasteiger partial charge is 0.344 e. The molecule has 3 aromatic rings. The number of methoxy groups -OCH3 is 1. The van der Waals surface area contributed by atoms with Gasteiger partial charge < -0.3 is 28.5 Å². The van der Waals surface area contributed by atoms with Crippen LogP contribution < -0.4 is 19.6 Å². The number of hydrogen-bond donors (Lipinski definition) is 1. The number of aromatic hydroxyl groups is 1. The van der Waals surface area contributed by atoms with Gasteiger partial charge in [-0.1, -0.05) is 12.7 Å². The second-order valence-corrected chi connectivity index (χ2v) is 6.35. The van der Waals surface area contributed by atoms with Crippen molar-refractivity contribution in [2.45, 2.75) is 6.92 Å². The molecule has 0 radical (unpaired) electrons. The number of rotatable bonds is 9. The number of carbonyl (C=O) groups excluding carboxylic acids is 1. The molecule has 0 atom stereocenters. The zero-order valence-corrected chi connectivity index (χ0v) is 17.2. The molecule has 1 aromatic heterocycles. The molecule has 2 aromatic carbocycles. The maximum absolute atomic E-state index is 12.6. The summed E-state index contributed by atoms with van der Waals surface area (Å²) in [6.45, 7) is 5.46. The van der Waals surface area contributed by atoms with E-state index < -0.39 is 11.4 Å². The van der Waals surface area contributed by atoms with Crippen LogP contribution >= 0.6 is 0 Å². The maximum Gasteiger partial charge on any atom is 0.344 e. The van der Waals surface area contributed by atoms with Gasteiger partial charge in [-0.2, -0.15) is 0 Å². The third-order valence-corrected chi connectivity index (χ3v) is 4.25. The van der Waals surface area contributed by atoms with Gasteiger partial charge in [0.2, 0.25) is 0 Å². The topological polar surface area (TPSA) is 104 Å². The largest absolute Gasteiger partial charge is 0.507 e. The molecule has 0 fully saturated rings. The maximum atomic E-state index is 12.6. The number of benzene rings is 2. The van der Waals surface area contributed by atoms with E-state index in [0.717, 1.165) is 0 Å². The summed E-state index contributed by atoms with van der Waals surface area (Å²) in [6.07, 6.45) is 1.60. The number of hydrogen-bond acceptors (Lipinski definition) is 8. The summed E-state index contributed by atoms with van der Waals surface area (Å²) in [6, 6.07) is 9.03. The Bertz CT molecular complexity index is 1160. The molecule has 0 saturated heterocycles. The first kappa shape index (κ1) is 21.8. The van der Waals surface area contributed by atoms with Crippen molar-refractivity contribution in [1.82, 2.24) is 0 Å². The lowest BCUT2D eigenvalue weighted by Crippen LogP contribution is -2.14. The molecule has 0 saturated carbocycles. The fourth-order valence-electron chi connectivity index (χ4n) is 2.91. The number of phenols is 1. The summed E-state index contributed by atoms with van der Waals surface area (Å²) < 4.78 is 26.9. The van der Waals surface area contributed by atoms with Gasteiger partial charge in [-0.25, -0.2) is 4.79 Å². The highest BCUT2D eigenvalue weighted by atomic mass is 16.6. The van der Waals surface area contributed by atoms with Crippen molar-refractivity contribution in [3.05, 3.63) is 59.3 Å². The Labute approximate surface area is 178 Å². The highest BCUT2D eigenvalue weighted by Gasteiger charge is 2.15. The molecule has 0 bridgehead atoms. The summed E-state index contributed by atoms with van der Waals surface area (Å²) in [5.41, 5.74) is 0.233. The standard InChI is InChI=1S/C23H22O8/c1-4-8-29-20-9-14(6-7-18(20)27-3)19-12-17(25)23-16(24)10-15(11-21(23)31-19)30-13-22(26)28-5-2/h4,6-7,9-12,24H,1,5,8,13H2,2-3H3. The Morgan fingerprint density at radius 3 is 2.68 bits per heavy atom. The summed E-state index contributed by atoms with van der Waals surface area (Å²) in [4.78, 5) is 24.1. The van der Waals surface area contributed by atoms with Gasteiger partial charge in [0.25, 0.3) is 0 Å². The van der Waals surface area contributed by atoms with Gasteiger partial charge in [-0.15, -0.1) is 0 Å². The van der Waals surface area contributed by atoms with E-state index >= 15 is 0 Å². The molecule has 0 aliphatic carbocycles. The van der Waals surface area contributed by atoms with Crippen LogP contribution in [0.5, 0.6) is 23.0 Å². The van der Waals surface area contributed by atoms with Gasteiger partial charge in [0.1, 0.15) is 34.8 Å². The number of esters is 1. The first-order valence-corrected chi connectivity index (χ1v) is 9.48. The van der Waals surface area contributed by atoms with Gasteiger partial charge in [0, 0.05) is 23.8 Å². The number of carbonyl (C=O) groups is 1. The first-order chi connectivity index (χ1) is 15.0. The van der Waals surface area contributed by atoms with Gasteiger partial charge in [-0.05, 0) is 25.1 Å². The van der Waals surface area contributed by atoms with Crippen LogP contribution in [0.3, 0.4) is 0 Å². The van der Waals surface area contributed by atoms with Crippen molar-refractivity contribution in [3.63, 3.8) is 0 Å². The van der Waals surface area contributed by atoms with E-state index in [1.165, 1.54) is 25.3 Å². The Hall–Kier alpha value is -3.94. The highest BCUT2D eigenvalue weighted by Crippen LogP contribution is 2.35. The monoisotopic (exact) mass is 426 g/mol. The van der Waals surface area contributed by atoms with Gasteiger partial charge in [0.15, 0.2) is 23.5 Å². The van der Waals surface area contributed by atoms with Crippen molar-refractivity contribution in [1.29, 1.82) is 0 Å². The lowest BCUT2D eigenvalue weighted by molar-refractivity contribution is -0.145.